The Morgan fingerprint density at radius 3 is 2.19 bits per heavy atom. The number of rotatable bonds is 5. The minimum atomic E-state index is -0.127. The number of aromatic nitrogens is 1. The smallest absolute Gasteiger partial charge is 0.281 e. The van der Waals surface area contributed by atoms with Crippen LogP contribution in [0.2, 0.25) is 0 Å². The Balaban J connectivity index is 1.47. The number of hydrogen-bond donors (Lipinski definition) is 0. The Bertz CT molecular complexity index is 1610. The highest BCUT2D eigenvalue weighted by Gasteiger charge is 2.32. The SMILES string of the molecule is Cc1ccc(N2N=C(c3ccccc3)/C(=C/c3cn(Cc4ccccc4)c4ccccc34)C2=O)cc1. The van der Waals surface area contributed by atoms with E-state index in [2.05, 4.69) is 53.2 Å². The van der Waals surface area contributed by atoms with Crippen LogP contribution in [0.5, 0.6) is 0 Å². The molecule has 1 aliphatic heterocycles. The Morgan fingerprint density at radius 1 is 0.778 bits per heavy atom. The third kappa shape index (κ3) is 4.03. The summed E-state index contributed by atoms with van der Waals surface area (Å²) in [6, 6.07) is 36.5. The van der Waals surface area contributed by atoms with Gasteiger partial charge in [-0.05, 0) is 36.8 Å². The highest BCUT2D eigenvalue weighted by molar-refractivity contribution is 6.37. The first kappa shape index (κ1) is 21.8. The van der Waals surface area contributed by atoms with Gasteiger partial charge in [-0.15, -0.1) is 0 Å². The number of para-hydroxylation sites is 1. The van der Waals surface area contributed by atoms with E-state index in [0.717, 1.165) is 39.8 Å². The number of aryl methyl sites for hydroxylation is 1. The van der Waals surface area contributed by atoms with E-state index in [0.29, 0.717) is 11.3 Å². The highest BCUT2D eigenvalue weighted by atomic mass is 16.2. The number of benzene rings is 4. The van der Waals surface area contributed by atoms with E-state index in [-0.39, 0.29) is 5.91 Å². The standard InChI is InChI=1S/C32H25N3O/c1-23-16-18-27(19-17-23)35-32(36)29(31(33-35)25-12-6-3-7-13-25)20-26-22-34(21-24-10-4-2-5-11-24)30-15-9-8-14-28(26)30/h2-20,22H,21H2,1H3/b29-20-. The molecule has 1 aliphatic rings. The van der Waals surface area contributed by atoms with Crippen LogP contribution in [-0.4, -0.2) is 16.2 Å². The number of anilines is 1. The molecule has 0 unspecified atom stereocenters. The molecule has 0 saturated heterocycles. The van der Waals surface area contributed by atoms with Gasteiger partial charge in [0.1, 0.15) is 5.71 Å². The molecule has 5 aromatic rings. The van der Waals surface area contributed by atoms with E-state index in [4.69, 9.17) is 5.10 Å². The summed E-state index contributed by atoms with van der Waals surface area (Å²) in [6.45, 7) is 2.79. The lowest BCUT2D eigenvalue weighted by Gasteiger charge is -2.11. The number of carbonyl (C=O) groups excluding carboxylic acids is 1. The Kier molecular flexibility index (Phi) is 5.55. The van der Waals surface area contributed by atoms with Crippen LogP contribution in [0, 0.1) is 6.92 Å². The van der Waals surface area contributed by atoms with Crippen molar-refractivity contribution in [3.8, 4) is 0 Å². The van der Waals surface area contributed by atoms with Crippen molar-refractivity contribution in [3.63, 3.8) is 0 Å². The molecule has 174 valence electrons. The van der Waals surface area contributed by atoms with Crippen LogP contribution in [0.4, 0.5) is 5.69 Å². The minimum Gasteiger partial charge on any atom is -0.342 e. The van der Waals surface area contributed by atoms with Gasteiger partial charge in [0.05, 0.1) is 11.3 Å². The summed E-state index contributed by atoms with van der Waals surface area (Å²) in [5.41, 5.74) is 7.44. The van der Waals surface area contributed by atoms with Crippen molar-refractivity contribution >= 4 is 34.3 Å². The summed E-state index contributed by atoms with van der Waals surface area (Å²) < 4.78 is 2.24. The monoisotopic (exact) mass is 467 g/mol. The number of nitrogens with zero attached hydrogens (tertiary/aromatic N) is 3. The van der Waals surface area contributed by atoms with Crippen LogP contribution in [-0.2, 0) is 11.3 Å². The Hall–Kier alpha value is -4.70. The predicted molar refractivity (Wildman–Crippen MR) is 147 cm³/mol. The van der Waals surface area contributed by atoms with Crippen molar-refractivity contribution in [1.82, 2.24) is 4.57 Å². The molecule has 6 rings (SSSR count). The average Bonchev–Trinajstić information content (AvgIpc) is 3.43. The zero-order valence-electron chi connectivity index (χ0n) is 20.0. The molecule has 1 amide bonds. The van der Waals surface area contributed by atoms with Crippen molar-refractivity contribution in [2.45, 2.75) is 13.5 Å². The summed E-state index contributed by atoms with van der Waals surface area (Å²) in [7, 11) is 0. The van der Waals surface area contributed by atoms with E-state index < -0.39 is 0 Å². The first-order valence-electron chi connectivity index (χ1n) is 12.1. The summed E-state index contributed by atoms with van der Waals surface area (Å²) >= 11 is 0. The van der Waals surface area contributed by atoms with Gasteiger partial charge in [-0.25, -0.2) is 0 Å². The fraction of sp³-hybridized carbons (Fsp3) is 0.0625. The summed E-state index contributed by atoms with van der Waals surface area (Å²) in [4.78, 5) is 13.7. The topological polar surface area (TPSA) is 37.6 Å². The number of hydrogen-bond acceptors (Lipinski definition) is 2. The van der Waals surface area contributed by atoms with Gasteiger partial charge in [-0.1, -0.05) is 96.6 Å². The van der Waals surface area contributed by atoms with E-state index in [1.165, 1.54) is 10.6 Å². The lowest BCUT2D eigenvalue weighted by Crippen LogP contribution is -2.21. The normalized spacial score (nSPS) is 14.6. The fourth-order valence-corrected chi connectivity index (χ4v) is 4.67. The maximum Gasteiger partial charge on any atom is 0.281 e. The molecule has 2 heterocycles. The van der Waals surface area contributed by atoms with Crippen LogP contribution in [0.1, 0.15) is 22.3 Å². The molecule has 0 radical (unpaired) electrons. The number of carbonyl (C=O) groups is 1. The van der Waals surface area contributed by atoms with E-state index in [9.17, 15) is 4.79 Å². The summed E-state index contributed by atoms with van der Waals surface area (Å²) in [5.74, 6) is -0.127. The predicted octanol–water partition coefficient (Wildman–Crippen LogP) is 6.83. The van der Waals surface area contributed by atoms with Crippen molar-refractivity contribution < 1.29 is 4.79 Å². The zero-order valence-corrected chi connectivity index (χ0v) is 20.0. The molecular formula is C32H25N3O. The summed E-state index contributed by atoms with van der Waals surface area (Å²) in [5, 5.41) is 7.41. The molecule has 0 atom stereocenters. The van der Waals surface area contributed by atoms with Gasteiger partial charge in [0.25, 0.3) is 5.91 Å². The molecule has 0 fully saturated rings. The molecule has 0 aliphatic carbocycles. The highest BCUT2D eigenvalue weighted by Crippen LogP contribution is 2.31. The first-order valence-corrected chi connectivity index (χ1v) is 12.1. The molecule has 0 spiro atoms. The number of amides is 1. The largest absolute Gasteiger partial charge is 0.342 e. The van der Waals surface area contributed by atoms with Crippen molar-refractivity contribution in [2.24, 2.45) is 5.10 Å². The van der Waals surface area contributed by atoms with Crippen LogP contribution >= 0.6 is 0 Å². The van der Waals surface area contributed by atoms with Gasteiger partial charge < -0.3 is 4.57 Å². The second-order valence-corrected chi connectivity index (χ2v) is 9.04. The molecule has 0 bridgehead atoms. The van der Waals surface area contributed by atoms with Crippen LogP contribution in [0.15, 0.2) is 126 Å². The third-order valence-corrected chi connectivity index (χ3v) is 6.52. The van der Waals surface area contributed by atoms with Crippen LogP contribution in [0.3, 0.4) is 0 Å². The Morgan fingerprint density at radius 2 is 1.44 bits per heavy atom. The second kappa shape index (κ2) is 9.16. The van der Waals surface area contributed by atoms with Gasteiger partial charge >= 0.3 is 0 Å². The summed E-state index contributed by atoms with van der Waals surface area (Å²) in [6.07, 6.45) is 4.13. The molecule has 1 aromatic heterocycles. The van der Waals surface area contributed by atoms with E-state index in [1.54, 1.807) is 0 Å². The van der Waals surface area contributed by atoms with Crippen molar-refractivity contribution in [1.29, 1.82) is 0 Å². The molecule has 0 saturated carbocycles. The van der Waals surface area contributed by atoms with Crippen LogP contribution < -0.4 is 5.01 Å². The molecular weight excluding hydrogens is 442 g/mol. The van der Waals surface area contributed by atoms with Gasteiger partial charge in [0, 0.05) is 34.8 Å². The first-order chi connectivity index (χ1) is 17.7. The minimum absolute atomic E-state index is 0.127. The molecule has 0 N–H and O–H groups in total. The maximum atomic E-state index is 13.7. The van der Waals surface area contributed by atoms with Gasteiger partial charge in [0.2, 0.25) is 0 Å². The lowest BCUT2D eigenvalue weighted by molar-refractivity contribution is -0.114. The van der Waals surface area contributed by atoms with Crippen molar-refractivity contribution in [3.05, 3.63) is 143 Å². The van der Waals surface area contributed by atoms with E-state index in [1.807, 2.05) is 79.7 Å². The van der Waals surface area contributed by atoms with Crippen molar-refractivity contribution in [2.75, 3.05) is 5.01 Å². The number of fused-ring (bicyclic) bond motifs is 1. The van der Waals surface area contributed by atoms with Gasteiger partial charge in [-0.3, -0.25) is 4.79 Å². The van der Waals surface area contributed by atoms with Gasteiger partial charge in [-0.2, -0.15) is 10.1 Å². The average molecular weight is 468 g/mol. The molecule has 4 nitrogen and oxygen atoms in total. The van der Waals surface area contributed by atoms with Gasteiger partial charge in [0.15, 0.2) is 0 Å². The zero-order chi connectivity index (χ0) is 24.5. The second-order valence-electron chi connectivity index (χ2n) is 9.04. The quantitative estimate of drug-likeness (QED) is 0.261. The Labute approximate surface area is 210 Å². The third-order valence-electron chi connectivity index (χ3n) is 6.52. The fourth-order valence-electron chi connectivity index (χ4n) is 4.67. The molecule has 4 aromatic carbocycles. The lowest BCUT2D eigenvalue weighted by atomic mass is 10.00. The maximum absolute atomic E-state index is 13.7. The van der Waals surface area contributed by atoms with Crippen LogP contribution in [0.25, 0.3) is 17.0 Å². The molecule has 36 heavy (non-hydrogen) atoms. The molecule has 4 heteroatoms. The van der Waals surface area contributed by atoms with E-state index >= 15 is 0 Å². The number of hydrazone groups is 1.